The molecule has 0 aliphatic rings. The molecule has 0 radical (unpaired) electrons. The summed E-state index contributed by atoms with van der Waals surface area (Å²) in [5.74, 6) is 0.0416. The Morgan fingerprint density at radius 1 is 1.27 bits per heavy atom. The van der Waals surface area contributed by atoms with Gasteiger partial charge in [0.25, 0.3) is 0 Å². The zero-order valence-electron chi connectivity index (χ0n) is 13.2. The van der Waals surface area contributed by atoms with Gasteiger partial charge in [0, 0.05) is 31.2 Å². The van der Waals surface area contributed by atoms with Crippen molar-refractivity contribution >= 4 is 11.6 Å². The molecule has 0 spiro atoms. The van der Waals surface area contributed by atoms with E-state index in [4.69, 9.17) is 5.73 Å². The summed E-state index contributed by atoms with van der Waals surface area (Å²) in [4.78, 5) is 16.4. The summed E-state index contributed by atoms with van der Waals surface area (Å²) in [6.45, 7) is 5.47. The van der Waals surface area contributed by atoms with E-state index in [-0.39, 0.29) is 5.91 Å². The molecule has 2 rings (SSSR count). The maximum absolute atomic E-state index is 12.4. The summed E-state index contributed by atoms with van der Waals surface area (Å²) in [5, 5.41) is 3.02. The van der Waals surface area contributed by atoms with Crippen LogP contribution in [0.15, 0.2) is 43.0 Å². The van der Waals surface area contributed by atoms with E-state index >= 15 is 0 Å². The average molecular weight is 300 g/mol. The number of carbonyl (C=O) groups is 1. The van der Waals surface area contributed by atoms with Gasteiger partial charge in [0.1, 0.15) is 0 Å². The number of benzene rings is 1. The fourth-order valence-electron chi connectivity index (χ4n) is 2.29. The lowest BCUT2D eigenvalue weighted by Crippen LogP contribution is -2.40. The van der Waals surface area contributed by atoms with E-state index in [9.17, 15) is 4.79 Å². The highest BCUT2D eigenvalue weighted by molar-refractivity contribution is 5.87. The van der Waals surface area contributed by atoms with Gasteiger partial charge >= 0.3 is 0 Å². The minimum absolute atomic E-state index is 0.0416. The molecule has 5 nitrogen and oxygen atoms in total. The standard InChI is InChI=1S/C17H24N4O/c1-17(2,14-5-7-15(18)8-6-14)16(22)20-9-3-4-11-21-12-10-19-13-21/h5-8,10,12-13H,3-4,9,11,18H2,1-2H3,(H,20,22). The fraction of sp³-hybridized carbons (Fsp3) is 0.412. The number of amides is 1. The molecule has 3 N–H and O–H groups in total. The lowest BCUT2D eigenvalue weighted by molar-refractivity contribution is -0.125. The minimum Gasteiger partial charge on any atom is -0.399 e. The zero-order valence-corrected chi connectivity index (χ0v) is 13.2. The van der Waals surface area contributed by atoms with Gasteiger partial charge in [0.2, 0.25) is 5.91 Å². The number of hydrogen-bond acceptors (Lipinski definition) is 3. The number of carbonyl (C=O) groups excluding carboxylic acids is 1. The number of anilines is 1. The number of nitrogens with one attached hydrogen (secondary N) is 1. The van der Waals surface area contributed by atoms with Crippen molar-refractivity contribution in [2.24, 2.45) is 0 Å². The third kappa shape index (κ3) is 4.10. The first-order valence-electron chi connectivity index (χ1n) is 7.60. The van der Waals surface area contributed by atoms with Crippen LogP contribution in [0.5, 0.6) is 0 Å². The van der Waals surface area contributed by atoms with Gasteiger partial charge in [0.15, 0.2) is 0 Å². The van der Waals surface area contributed by atoms with Crippen LogP contribution in [0.1, 0.15) is 32.3 Å². The van der Waals surface area contributed by atoms with E-state index in [2.05, 4.69) is 10.3 Å². The summed E-state index contributed by atoms with van der Waals surface area (Å²) >= 11 is 0. The van der Waals surface area contributed by atoms with Crippen LogP contribution in [-0.2, 0) is 16.8 Å². The van der Waals surface area contributed by atoms with Crippen molar-refractivity contribution < 1.29 is 4.79 Å². The number of nitrogens with two attached hydrogens (primary N) is 1. The fourth-order valence-corrected chi connectivity index (χ4v) is 2.29. The van der Waals surface area contributed by atoms with Crippen LogP contribution < -0.4 is 11.1 Å². The molecule has 1 aromatic heterocycles. The van der Waals surface area contributed by atoms with Crippen LogP contribution in [0, 0.1) is 0 Å². The highest BCUT2D eigenvalue weighted by Gasteiger charge is 2.29. The number of imidazole rings is 1. The molecule has 118 valence electrons. The van der Waals surface area contributed by atoms with Crippen molar-refractivity contribution in [1.82, 2.24) is 14.9 Å². The summed E-state index contributed by atoms with van der Waals surface area (Å²) in [7, 11) is 0. The van der Waals surface area contributed by atoms with Gasteiger partial charge in [-0.3, -0.25) is 4.79 Å². The Kier molecular flexibility index (Phi) is 5.20. The largest absolute Gasteiger partial charge is 0.399 e. The summed E-state index contributed by atoms with van der Waals surface area (Å²) < 4.78 is 2.04. The van der Waals surface area contributed by atoms with Gasteiger partial charge < -0.3 is 15.6 Å². The smallest absolute Gasteiger partial charge is 0.230 e. The molecule has 5 heteroatoms. The van der Waals surface area contributed by atoms with E-state index in [0.29, 0.717) is 12.2 Å². The van der Waals surface area contributed by atoms with Crippen LogP contribution in [0.2, 0.25) is 0 Å². The van der Waals surface area contributed by atoms with Crippen molar-refractivity contribution in [3.63, 3.8) is 0 Å². The highest BCUT2D eigenvalue weighted by Crippen LogP contribution is 2.24. The Morgan fingerprint density at radius 3 is 2.64 bits per heavy atom. The Hall–Kier alpha value is -2.30. The van der Waals surface area contributed by atoms with Gasteiger partial charge in [-0.2, -0.15) is 0 Å². The Morgan fingerprint density at radius 2 is 2.00 bits per heavy atom. The maximum Gasteiger partial charge on any atom is 0.230 e. The Labute approximate surface area is 131 Å². The first-order valence-corrected chi connectivity index (χ1v) is 7.60. The van der Waals surface area contributed by atoms with E-state index in [1.807, 2.05) is 55.2 Å². The van der Waals surface area contributed by atoms with Crippen LogP contribution in [0.4, 0.5) is 5.69 Å². The predicted molar refractivity (Wildman–Crippen MR) is 88.4 cm³/mol. The van der Waals surface area contributed by atoms with E-state index in [0.717, 1.165) is 24.9 Å². The molecule has 0 aliphatic carbocycles. The van der Waals surface area contributed by atoms with Crippen LogP contribution in [0.25, 0.3) is 0 Å². The highest BCUT2D eigenvalue weighted by atomic mass is 16.2. The van der Waals surface area contributed by atoms with Gasteiger partial charge in [-0.25, -0.2) is 4.98 Å². The number of nitrogen functional groups attached to an aromatic ring is 1. The number of aromatic nitrogens is 2. The molecule has 0 unspecified atom stereocenters. The average Bonchev–Trinajstić information content (AvgIpc) is 3.00. The molecular weight excluding hydrogens is 276 g/mol. The molecular formula is C17H24N4O. The van der Waals surface area contributed by atoms with Crippen molar-refractivity contribution in [2.75, 3.05) is 12.3 Å². The number of nitrogens with zero attached hydrogens (tertiary/aromatic N) is 2. The molecule has 0 atom stereocenters. The third-order valence-electron chi connectivity index (χ3n) is 3.89. The van der Waals surface area contributed by atoms with Gasteiger partial charge in [-0.05, 0) is 44.4 Å². The number of rotatable bonds is 7. The van der Waals surface area contributed by atoms with E-state index in [1.54, 1.807) is 6.20 Å². The second kappa shape index (κ2) is 7.11. The van der Waals surface area contributed by atoms with E-state index in [1.165, 1.54) is 0 Å². The van der Waals surface area contributed by atoms with Gasteiger partial charge in [0.05, 0.1) is 11.7 Å². The van der Waals surface area contributed by atoms with Crippen molar-refractivity contribution in [3.05, 3.63) is 48.5 Å². The van der Waals surface area contributed by atoms with Crippen molar-refractivity contribution in [2.45, 2.75) is 38.6 Å². The topological polar surface area (TPSA) is 72.9 Å². The lowest BCUT2D eigenvalue weighted by atomic mass is 9.83. The summed E-state index contributed by atoms with van der Waals surface area (Å²) in [6, 6.07) is 7.48. The first kappa shape index (κ1) is 16.1. The minimum atomic E-state index is -0.557. The van der Waals surface area contributed by atoms with Crippen LogP contribution in [-0.4, -0.2) is 22.0 Å². The zero-order chi connectivity index (χ0) is 16.0. The van der Waals surface area contributed by atoms with Crippen LogP contribution >= 0.6 is 0 Å². The Balaban J connectivity index is 1.77. The molecule has 1 amide bonds. The maximum atomic E-state index is 12.4. The number of hydrogen-bond donors (Lipinski definition) is 2. The first-order chi connectivity index (χ1) is 10.5. The molecule has 1 heterocycles. The second-order valence-electron chi connectivity index (χ2n) is 6.01. The van der Waals surface area contributed by atoms with Crippen LogP contribution in [0.3, 0.4) is 0 Å². The second-order valence-corrected chi connectivity index (χ2v) is 6.01. The predicted octanol–water partition coefficient (Wildman–Crippen LogP) is 2.34. The molecule has 0 saturated carbocycles. The molecule has 2 aromatic rings. The quantitative estimate of drug-likeness (QED) is 0.609. The van der Waals surface area contributed by atoms with Crippen molar-refractivity contribution in [1.29, 1.82) is 0 Å². The van der Waals surface area contributed by atoms with Crippen molar-refractivity contribution in [3.8, 4) is 0 Å². The Bertz CT molecular complexity index is 588. The molecule has 0 fully saturated rings. The molecule has 0 saturated heterocycles. The molecule has 1 aromatic carbocycles. The van der Waals surface area contributed by atoms with E-state index < -0.39 is 5.41 Å². The monoisotopic (exact) mass is 300 g/mol. The number of aryl methyl sites for hydroxylation is 1. The molecule has 0 bridgehead atoms. The molecule has 0 aliphatic heterocycles. The lowest BCUT2D eigenvalue weighted by Gasteiger charge is -2.24. The SMILES string of the molecule is CC(C)(C(=O)NCCCCn1ccnc1)c1ccc(N)cc1. The third-order valence-corrected chi connectivity index (χ3v) is 3.89. The summed E-state index contributed by atoms with van der Waals surface area (Å²) in [6.07, 6.45) is 7.49. The molecule has 22 heavy (non-hydrogen) atoms. The number of unbranched alkanes of at least 4 members (excludes halogenated alkanes) is 1. The summed E-state index contributed by atoms with van der Waals surface area (Å²) in [5.41, 5.74) is 6.81. The van der Waals surface area contributed by atoms with Gasteiger partial charge in [-0.1, -0.05) is 12.1 Å². The van der Waals surface area contributed by atoms with Gasteiger partial charge in [-0.15, -0.1) is 0 Å². The normalized spacial score (nSPS) is 11.4.